The van der Waals surface area contributed by atoms with Gasteiger partial charge in [0.1, 0.15) is 11.5 Å². The molecule has 2 aromatic rings. The van der Waals surface area contributed by atoms with E-state index in [2.05, 4.69) is 83.5 Å². The molecule has 0 N–H and O–H groups in total. The van der Waals surface area contributed by atoms with E-state index in [0.717, 1.165) is 35.4 Å². The van der Waals surface area contributed by atoms with Crippen LogP contribution in [0.15, 0.2) is 53.0 Å². The van der Waals surface area contributed by atoms with Crippen molar-refractivity contribution in [2.75, 3.05) is 20.6 Å². The molecule has 0 atom stereocenters. The first-order chi connectivity index (χ1) is 10.6. The lowest BCUT2D eigenvalue weighted by Gasteiger charge is -2.12. The van der Waals surface area contributed by atoms with Gasteiger partial charge in [-0.1, -0.05) is 46.3 Å². The monoisotopic (exact) mass is 357 g/mol. The molecule has 0 saturated heterocycles. The Morgan fingerprint density at radius 2 is 1.95 bits per heavy atom. The molecule has 0 unspecified atom stereocenters. The maximum atomic E-state index is 6.26. The zero-order valence-electron chi connectivity index (χ0n) is 13.0. The maximum Gasteiger partial charge on any atom is 0.132 e. The lowest BCUT2D eigenvalue weighted by molar-refractivity contribution is 0.415. The van der Waals surface area contributed by atoms with Crippen molar-refractivity contribution in [3.8, 4) is 5.75 Å². The van der Waals surface area contributed by atoms with Crippen molar-refractivity contribution in [1.82, 2.24) is 4.90 Å². The Balaban J connectivity index is 2.01. The van der Waals surface area contributed by atoms with E-state index in [9.17, 15) is 0 Å². The minimum atomic E-state index is 0.907. The van der Waals surface area contributed by atoms with Gasteiger partial charge in [0.25, 0.3) is 0 Å². The molecule has 114 valence electrons. The van der Waals surface area contributed by atoms with Crippen molar-refractivity contribution in [3.05, 3.63) is 69.7 Å². The van der Waals surface area contributed by atoms with E-state index in [4.69, 9.17) is 4.74 Å². The van der Waals surface area contributed by atoms with E-state index < -0.39 is 0 Å². The fourth-order valence-corrected chi connectivity index (χ4v) is 3.01. The highest BCUT2D eigenvalue weighted by atomic mass is 79.9. The van der Waals surface area contributed by atoms with E-state index in [1.54, 1.807) is 0 Å². The summed E-state index contributed by atoms with van der Waals surface area (Å²) in [6.45, 7) is 1.01. The van der Waals surface area contributed by atoms with E-state index in [-0.39, 0.29) is 0 Å². The summed E-state index contributed by atoms with van der Waals surface area (Å²) < 4.78 is 7.30. The summed E-state index contributed by atoms with van der Waals surface area (Å²) in [4.78, 5) is 2.18. The standard InChI is InChI=1S/C19H20BrNO/c1-21(2)11-5-8-18-17-7-4-3-6-14(17)12-15-9-10-16(20)13-19(15)22-18/h3-4,6-10,13H,5,11-12H2,1-2H3/b18-8-. The van der Waals surface area contributed by atoms with Gasteiger partial charge in [-0.15, -0.1) is 0 Å². The average molecular weight is 358 g/mol. The first-order valence-corrected chi connectivity index (χ1v) is 8.32. The number of nitrogens with zero attached hydrogens (tertiary/aromatic N) is 1. The fourth-order valence-electron chi connectivity index (χ4n) is 2.67. The molecule has 3 heteroatoms. The molecule has 22 heavy (non-hydrogen) atoms. The van der Waals surface area contributed by atoms with Crippen LogP contribution in [0.4, 0.5) is 0 Å². The molecule has 1 heterocycles. The summed E-state index contributed by atoms with van der Waals surface area (Å²) in [5.41, 5.74) is 3.75. The molecule has 1 aliphatic heterocycles. The Kier molecular flexibility index (Phi) is 4.65. The second-order valence-corrected chi connectivity index (χ2v) is 6.76. The lowest BCUT2D eigenvalue weighted by atomic mass is 9.99. The van der Waals surface area contributed by atoms with Gasteiger partial charge in [0.15, 0.2) is 0 Å². The molecule has 0 amide bonds. The molecular formula is C19H20BrNO. The zero-order valence-corrected chi connectivity index (χ0v) is 14.6. The molecule has 0 saturated carbocycles. The SMILES string of the molecule is CN(C)CC/C=C1\Oc2cc(Br)ccc2Cc2ccccc21. The molecule has 0 aliphatic carbocycles. The zero-order chi connectivity index (χ0) is 15.5. The normalized spacial score (nSPS) is 15.2. The Morgan fingerprint density at radius 1 is 1.14 bits per heavy atom. The lowest BCUT2D eigenvalue weighted by Crippen LogP contribution is -2.12. The molecule has 0 bridgehead atoms. The van der Waals surface area contributed by atoms with Crippen molar-refractivity contribution >= 4 is 21.7 Å². The van der Waals surface area contributed by atoms with Crippen molar-refractivity contribution in [3.63, 3.8) is 0 Å². The van der Waals surface area contributed by atoms with E-state index in [0.29, 0.717) is 0 Å². The van der Waals surface area contributed by atoms with Crippen molar-refractivity contribution < 1.29 is 4.74 Å². The molecule has 0 radical (unpaired) electrons. The van der Waals surface area contributed by atoms with Gasteiger partial charge in [-0.2, -0.15) is 0 Å². The van der Waals surface area contributed by atoms with Crippen molar-refractivity contribution in [2.45, 2.75) is 12.8 Å². The number of ether oxygens (including phenoxy) is 1. The molecule has 2 aromatic carbocycles. The topological polar surface area (TPSA) is 12.5 Å². The highest BCUT2D eigenvalue weighted by molar-refractivity contribution is 9.10. The number of hydrogen-bond acceptors (Lipinski definition) is 2. The predicted octanol–water partition coefficient (Wildman–Crippen LogP) is 4.72. The molecule has 0 fully saturated rings. The van der Waals surface area contributed by atoms with Crippen LogP contribution in [0.25, 0.3) is 5.76 Å². The third-order valence-corrected chi connectivity index (χ3v) is 4.31. The van der Waals surface area contributed by atoms with Crippen LogP contribution in [0, 0.1) is 0 Å². The highest BCUT2D eigenvalue weighted by Gasteiger charge is 2.18. The summed E-state index contributed by atoms with van der Waals surface area (Å²) in [6, 6.07) is 14.8. The number of benzene rings is 2. The average Bonchev–Trinajstić information content (AvgIpc) is 2.63. The third kappa shape index (κ3) is 3.42. The van der Waals surface area contributed by atoms with E-state index in [1.807, 2.05) is 0 Å². The third-order valence-electron chi connectivity index (χ3n) is 3.82. The van der Waals surface area contributed by atoms with Crippen LogP contribution in [0.5, 0.6) is 5.75 Å². The van der Waals surface area contributed by atoms with Crippen LogP contribution >= 0.6 is 15.9 Å². The van der Waals surface area contributed by atoms with Crippen LogP contribution in [-0.2, 0) is 6.42 Å². The summed E-state index contributed by atoms with van der Waals surface area (Å²) in [5.74, 6) is 1.91. The van der Waals surface area contributed by atoms with Crippen LogP contribution < -0.4 is 4.74 Å². The van der Waals surface area contributed by atoms with Crippen molar-refractivity contribution in [2.24, 2.45) is 0 Å². The number of fused-ring (bicyclic) bond motifs is 2. The van der Waals surface area contributed by atoms with Gasteiger partial charge in [0.05, 0.1) is 0 Å². The predicted molar refractivity (Wildman–Crippen MR) is 95.2 cm³/mol. The van der Waals surface area contributed by atoms with Gasteiger partial charge >= 0.3 is 0 Å². The van der Waals surface area contributed by atoms with Gasteiger partial charge in [-0.25, -0.2) is 0 Å². The van der Waals surface area contributed by atoms with Crippen molar-refractivity contribution in [1.29, 1.82) is 0 Å². The molecule has 0 aromatic heterocycles. The maximum absolute atomic E-state index is 6.26. The largest absolute Gasteiger partial charge is 0.457 e. The van der Waals surface area contributed by atoms with Crippen LogP contribution in [0.3, 0.4) is 0 Å². The number of halogens is 1. The Bertz CT molecular complexity index is 706. The second-order valence-electron chi connectivity index (χ2n) is 5.85. The molecule has 1 aliphatic rings. The minimum absolute atomic E-state index is 0.907. The van der Waals surface area contributed by atoms with Gasteiger partial charge in [-0.3, -0.25) is 0 Å². The summed E-state index contributed by atoms with van der Waals surface area (Å²) in [6.07, 6.45) is 4.08. The number of hydrogen-bond donors (Lipinski definition) is 0. The fraction of sp³-hybridized carbons (Fsp3) is 0.263. The first-order valence-electron chi connectivity index (χ1n) is 7.53. The molecular weight excluding hydrogens is 338 g/mol. The van der Waals surface area contributed by atoms with Crippen LogP contribution in [0.2, 0.25) is 0 Å². The molecule has 3 rings (SSSR count). The molecule has 0 spiro atoms. The van der Waals surface area contributed by atoms with E-state index >= 15 is 0 Å². The Labute approximate surface area is 140 Å². The van der Waals surface area contributed by atoms with Gasteiger partial charge in [-0.05, 0) is 49.9 Å². The summed E-state index contributed by atoms with van der Waals surface area (Å²) in [7, 11) is 4.18. The second kappa shape index (κ2) is 6.67. The number of rotatable bonds is 3. The van der Waals surface area contributed by atoms with Gasteiger partial charge in [0.2, 0.25) is 0 Å². The van der Waals surface area contributed by atoms with Crippen LogP contribution in [-0.4, -0.2) is 25.5 Å². The Morgan fingerprint density at radius 3 is 2.77 bits per heavy atom. The van der Waals surface area contributed by atoms with Gasteiger partial charge < -0.3 is 9.64 Å². The van der Waals surface area contributed by atoms with Gasteiger partial charge in [0, 0.05) is 23.0 Å². The quantitative estimate of drug-likeness (QED) is 0.787. The van der Waals surface area contributed by atoms with E-state index in [1.165, 1.54) is 16.7 Å². The Hall–Kier alpha value is -1.58. The van der Waals surface area contributed by atoms with Crippen LogP contribution in [0.1, 0.15) is 23.1 Å². The first kappa shape index (κ1) is 15.3. The highest BCUT2D eigenvalue weighted by Crippen LogP contribution is 2.35. The molecule has 2 nitrogen and oxygen atoms in total. The minimum Gasteiger partial charge on any atom is -0.457 e. The smallest absolute Gasteiger partial charge is 0.132 e. The summed E-state index contributed by atoms with van der Waals surface area (Å²) in [5, 5.41) is 0. The summed E-state index contributed by atoms with van der Waals surface area (Å²) >= 11 is 3.54.